The van der Waals surface area contributed by atoms with Crippen LogP contribution in [0.2, 0.25) is 10.0 Å². The molecule has 2 aromatic rings. The van der Waals surface area contributed by atoms with Crippen LogP contribution in [0.5, 0.6) is 17.2 Å². The maximum absolute atomic E-state index is 12.3. The zero-order valence-electron chi connectivity index (χ0n) is 12.8. The van der Waals surface area contributed by atoms with Gasteiger partial charge in [-0.05, 0) is 31.2 Å². The SMILES string of the molecule is CC(Oc1ccc(Cl)cc1)C(=O)Nc1cc2c(cc1Cl)OCCO2. The standard InChI is InChI=1S/C17H15Cl2NO4/c1-10(24-12-4-2-11(18)3-5-12)17(21)20-14-9-16-15(8-13(14)19)22-6-7-23-16/h2-5,8-10H,6-7H2,1H3,(H,20,21). The number of carbonyl (C=O) groups is 1. The minimum atomic E-state index is -0.713. The largest absolute Gasteiger partial charge is 0.486 e. The fourth-order valence-corrected chi connectivity index (χ4v) is 2.49. The summed E-state index contributed by atoms with van der Waals surface area (Å²) in [6.45, 7) is 2.58. The third kappa shape index (κ3) is 3.86. The van der Waals surface area contributed by atoms with Gasteiger partial charge in [0, 0.05) is 17.2 Å². The van der Waals surface area contributed by atoms with E-state index in [1.54, 1.807) is 43.3 Å². The predicted molar refractivity (Wildman–Crippen MR) is 92.6 cm³/mol. The number of rotatable bonds is 4. The van der Waals surface area contributed by atoms with Crippen LogP contribution in [0.15, 0.2) is 36.4 Å². The second kappa shape index (κ2) is 7.20. The number of ether oxygens (including phenoxy) is 3. The Morgan fingerprint density at radius 3 is 2.42 bits per heavy atom. The number of amides is 1. The molecule has 2 aromatic carbocycles. The summed E-state index contributed by atoms with van der Waals surface area (Å²) in [6.07, 6.45) is -0.713. The number of hydrogen-bond acceptors (Lipinski definition) is 4. The van der Waals surface area contributed by atoms with Crippen LogP contribution in [0.3, 0.4) is 0 Å². The Bertz CT molecular complexity index is 749. The molecule has 1 unspecified atom stereocenters. The molecular formula is C17H15Cl2NO4. The van der Waals surface area contributed by atoms with Crippen LogP contribution >= 0.6 is 23.2 Å². The number of nitrogens with one attached hydrogen (secondary N) is 1. The highest BCUT2D eigenvalue weighted by Gasteiger charge is 2.19. The van der Waals surface area contributed by atoms with Gasteiger partial charge in [0.1, 0.15) is 19.0 Å². The third-order valence-corrected chi connectivity index (χ3v) is 3.95. The highest BCUT2D eigenvalue weighted by Crippen LogP contribution is 2.38. The molecule has 1 amide bonds. The van der Waals surface area contributed by atoms with Crippen LogP contribution < -0.4 is 19.5 Å². The molecule has 0 saturated heterocycles. The molecule has 1 aliphatic heterocycles. The van der Waals surface area contributed by atoms with Gasteiger partial charge in [-0.2, -0.15) is 0 Å². The Balaban J connectivity index is 1.68. The molecule has 126 valence electrons. The van der Waals surface area contributed by atoms with Gasteiger partial charge in [-0.15, -0.1) is 0 Å². The normalized spacial score (nSPS) is 14.0. The molecule has 0 radical (unpaired) electrons. The average molecular weight is 368 g/mol. The van der Waals surface area contributed by atoms with Crippen molar-refractivity contribution in [2.45, 2.75) is 13.0 Å². The number of carbonyl (C=O) groups excluding carboxylic acids is 1. The number of anilines is 1. The lowest BCUT2D eigenvalue weighted by Crippen LogP contribution is -2.30. The Kier molecular flexibility index (Phi) is 5.02. The van der Waals surface area contributed by atoms with Gasteiger partial charge in [0.15, 0.2) is 17.6 Å². The minimum absolute atomic E-state index is 0.330. The first-order chi connectivity index (χ1) is 11.5. The van der Waals surface area contributed by atoms with Crippen LogP contribution in [0.4, 0.5) is 5.69 Å². The first-order valence-electron chi connectivity index (χ1n) is 7.35. The Morgan fingerprint density at radius 1 is 1.12 bits per heavy atom. The molecule has 1 aliphatic rings. The van der Waals surface area contributed by atoms with Crippen LogP contribution in [-0.2, 0) is 4.79 Å². The van der Waals surface area contributed by atoms with Crippen molar-refractivity contribution in [1.29, 1.82) is 0 Å². The van der Waals surface area contributed by atoms with Crippen LogP contribution in [0.25, 0.3) is 0 Å². The minimum Gasteiger partial charge on any atom is -0.486 e. The summed E-state index contributed by atoms with van der Waals surface area (Å²) in [5.41, 5.74) is 0.442. The van der Waals surface area contributed by atoms with E-state index >= 15 is 0 Å². The Labute approximate surface area is 149 Å². The van der Waals surface area contributed by atoms with E-state index in [0.717, 1.165) is 0 Å². The lowest BCUT2D eigenvalue weighted by Gasteiger charge is -2.20. The van der Waals surface area contributed by atoms with Crippen molar-refractivity contribution in [3.8, 4) is 17.2 Å². The van der Waals surface area contributed by atoms with Gasteiger partial charge in [-0.3, -0.25) is 4.79 Å². The molecule has 0 saturated carbocycles. The predicted octanol–water partition coefficient (Wildman–Crippen LogP) is 4.17. The van der Waals surface area contributed by atoms with E-state index in [0.29, 0.717) is 46.2 Å². The van der Waals surface area contributed by atoms with Crippen molar-refractivity contribution in [2.75, 3.05) is 18.5 Å². The van der Waals surface area contributed by atoms with Crippen molar-refractivity contribution < 1.29 is 19.0 Å². The van der Waals surface area contributed by atoms with Gasteiger partial charge in [-0.25, -0.2) is 0 Å². The molecule has 5 nitrogen and oxygen atoms in total. The Hall–Kier alpha value is -2.11. The fraction of sp³-hybridized carbons (Fsp3) is 0.235. The lowest BCUT2D eigenvalue weighted by atomic mass is 10.2. The van der Waals surface area contributed by atoms with Gasteiger partial charge in [-0.1, -0.05) is 23.2 Å². The van der Waals surface area contributed by atoms with Crippen molar-refractivity contribution in [3.63, 3.8) is 0 Å². The summed E-state index contributed by atoms with van der Waals surface area (Å²) < 4.78 is 16.5. The van der Waals surface area contributed by atoms with Crippen LogP contribution in [-0.4, -0.2) is 25.2 Å². The highest BCUT2D eigenvalue weighted by molar-refractivity contribution is 6.34. The monoisotopic (exact) mass is 367 g/mol. The molecule has 0 fully saturated rings. The maximum Gasteiger partial charge on any atom is 0.265 e. The second-order valence-corrected chi connectivity index (χ2v) is 6.02. The number of hydrogen-bond donors (Lipinski definition) is 1. The van der Waals surface area contributed by atoms with E-state index in [-0.39, 0.29) is 5.91 Å². The summed E-state index contributed by atoms with van der Waals surface area (Å²) in [5, 5.41) is 3.70. The van der Waals surface area contributed by atoms with E-state index < -0.39 is 6.10 Å². The van der Waals surface area contributed by atoms with E-state index in [4.69, 9.17) is 37.4 Å². The van der Waals surface area contributed by atoms with Gasteiger partial charge in [0.2, 0.25) is 0 Å². The molecule has 0 aromatic heterocycles. The second-order valence-electron chi connectivity index (χ2n) is 5.18. The van der Waals surface area contributed by atoms with E-state index in [1.807, 2.05) is 0 Å². The third-order valence-electron chi connectivity index (χ3n) is 3.39. The Morgan fingerprint density at radius 2 is 1.75 bits per heavy atom. The number of fused-ring (bicyclic) bond motifs is 1. The fourth-order valence-electron chi connectivity index (χ4n) is 2.16. The van der Waals surface area contributed by atoms with Gasteiger partial charge < -0.3 is 19.5 Å². The zero-order chi connectivity index (χ0) is 17.1. The number of halogens is 2. The average Bonchev–Trinajstić information content (AvgIpc) is 2.57. The van der Waals surface area contributed by atoms with Crippen molar-refractivity contribution >= 4 is 34.8 Å². The summed E-state index contributed by atoms with van der Waals surface area (Å²) in [4.78, 5) is 12.3. The quantitative estimate of drug-likeness (QED) is 0.880. The zero-order valence-corrected chi connectivity index (χ0v) is 14.4. The summed E-state index contributed by atoms with van der Waals surface area (Å²) in [7, 11) is 0. The van der Waals surface area contributed by atoms with Crippen molar-refractivity contribution in [3.05, 3.63) is 46.4 Å². The van der Waals surface area contributed by atoms with E-state index in [9.17, 15) is 4.79 Å². The summed E-state index contributed by atoms with van der Waals surface area (Å²) >= 11 is 12.0. The smallest absolute Gasteiger partial charge is 0.265 e. The molecule has 0 bridgehead atoms. The van der Waals surface area contributed by atoms with Crippen molar-refractivity contribution in [1.82, 2.24) is 0 Å². The van der Waals surface area contributed by atoms with E-state index in [1.165, 1.54) is 0 Å². The van der Waals surface area contributed by atoms with Gasteiger partial charge in [0.25, 0.3) is 5.91 Å². The highest BCUT2D eigenvalue weighted by atomic mass is 35.5. The molecule has 7 heteroatoms. The first kappa shape index (κ1) is 16.7. The maximum atomic E-state index is 12.3. The first-order valence-corrected chi connectivity index (χ1v) is 8.11. The molecule has 1 heterocycles. The molecule has 0 aliphatic carbocycles. The molecule has 24 heavy (non-hydrogen) atoms. The molecule has 1 N–H and O–H groups in total. The van der Waals surface area contributed by atoms with Crippen LogP contribution in [0, 0.1) is 0 Å². The van der Waals surface area contributed by atoms with E-state index in [2.05, 4.69) is 5.32 Å². The lowest BCUT2D eigenvalue weighted by molar-refractivity contribution is -0.122. The summed E-state index contributed by atoms with van der Waals surface area (Å²) in [6, 6.07) is 10.0. The van der Waals surface area contributed by atoms with Crippen molar-refractivity contribution in [2.24, 2.45) is 0 Å². The molecule has 0 spiro atoms. The molecular weight excluding hydrogens is 353 g/mol. The molecule has 3 rings (SSSR count). The number of benzene rings is 2. The van der Waals surface area contributed by atoms with Gasteiger partial charge in [0.05, 0.1) is 10.7 Å². The topological polar surface area (TPSA) is 56.8 Å². The summed E-state index contributed by atoms with van der Waals surface area (Å²) in [5.74, 6) is 1.33. The molecule has 1 atom stereocenters. The van der Waals surface area contributed by atoms with Gasteiger partial charge >= 0.3 is 0 Å². The van der Waals surface area contributed by atoms with Crippen LogP contribution in [0.1, 0.15) is 6.92 Å².